The fraction of sp³-hybridized carbons (Fsp3) is 0.300. The third-order valence-electron chi connectivity index (χ3n) is 1.74. The Morgan fingerprint density at radius 2 is 2.36 bits per heavy atom. The van der Waals surface area contributed by atoms with Gasteiger partial charge in [-0.25, -0.2) is 0 Å². The number of thioether (sulfide) groups is 1. The van der Waals surface area contributed by atoms with E-state index >= 15 is 0 Å². The van der Waals surface area contributed by atoms with Crippen LogP contribution >= 0.6 is 11.8 Å². The van der Waals surface area contributed by atoms with Gasteiger partial charge >= 0.3 is 5.97 Å². The highest BCUT2D eigenvalue weighted by atomic mass is 32.2. The first-order valence-corrected chi connectivity index (χ1v) is 5.26. The van der Waals surface area contributed by atoms with E-state index in [0.717, 1.165) is 4.90 Å². The van der Waals surface area contributed by atoms with E-state index in [0.29, 0.717) is 5.75 Å². The molecule has 3 nitrogen and oxygen atoms in total. The third kappa shape index (κ3) is 3.40. The number of benzene rings is 1. The van der Waals surface area contributed by atoms with Crippen LogP contribution in [0.2, 0.25) is 0 Å². The molecule has 0 aliphatic rings. The number of hydrogen-bond donors (Lipinski definition) is 2. The summed E-state index contributed by atoms with van der Waals surface area (Å²) in [4.78, 5) is 11.5. The van der Waals surface area contributed by atoms with Crippen LogP contribution in [0.5, 0.6) is 0 Å². The van der Waals surface area contributed by atoms with Gasteiger partial charge in [-0.05, 0) is 19.1 Å². The summed E-state index contributed by atoms with van der Waals surface area (Å²) in [5.41, 5.74) is 6.55. The predicted octanol–water partition coefficient (Wildman–Crippen LogP) is 1.50. The van der Waals surface area contributed by atoms with Crippen molar-refractivity contribution in [3.8, 4) is 0 Å². The molecular weight excluding hydrogens is 198 g/mol. The van der Waals surface area contributed by atoms with Crippen LogP contribution in [0, 0.1) is 6.92 Å². The molecule has 0 bridgehead atoms. The number of aryl methyl sites for hydroxylation is 1. The molecule has 1 unspecified atom stereocenters. The van der Waals surface area contributed by atoms with Gasteiger partial charge in [0.2, 0.25) is 0 Å². The normalized spacial score (nSPS) is 12.4. The van der Waals surface area contributed by atoms with Gasteiger partial charge in [-0.3, -0.25) is 4.79 Å². The molecule has 1 atom stereocenters. The Morgan fingerprint density at radius 3 is 2.93 bits per heavy atom. The van der Waals surface area contributed by atoms with Crippen LogP contribution in [-0.2, 0) is 4.79 Å². The molecule has 14 heavy (non-hydrogen) atoms. The molecule has 1 rings (SSSR count). The number of nitrogens with two attached hydrogens (primary N) is 1. The zero-order valence-electron chi connectivity index (χ0n) is 7.93. The Bertz CT molecular complexity index is 328. The lowest BCUT2D eigenvalue weighted by Gasteiger charge is -2.06. The van der Waals surface area contributed by atoms with Crippen LogP contribution < -0.4 is 5.73 Å². The number of carboxylic acids is 1. The van der Waals surface area contributed by atoms with Gasteiger partial charge in [-0.15, -0.1) is 11.8 Å². The highest BCUT2D eigenvalue weighted by molar-refractivity contribution is 7.99. The summed E-state index contributed by atoms with van der Waals surface area (Å²) in [6.45, 7) is 2.00. The molecule has 0 fully saturated rings. The van der Waals surface area contributed by atoms with Crippen molar-refractivity contribution >= 4 is 17.7 Å². The summed E-state index contributed by atoms with van der Waals surface area (Å²) in [7, 11) is 0. The van der Waals surface area contributed by atoms with Crippen LogP contribution in [0.1, 0.15) is 5.56 Å². The summed E-state index contributed by atoms with van der Waals surface area (Å²) in [5, 5.41) is 8.58. The van der Waals surface area contributed by atoms with E-state index in [1.165, 1.54) is 17.3 Å². The average Bonchev–Trinajstić information content (AvgIpc) is 2.14. The van der Waals surface area contributed by atoms with Crippen molar-refractivity contribution in [2.45, 2.75) is 17.9 Å². The minimum absolute atomic E-state index is 0.402. The second-order valence-corrected chi connectivity index (χ2v) is 4.17. The molecule has 0 aliphatic heterocycles. The summed E-state index contributed by atoms with van der Waals surface area (Å²) >= 11 is 1.47. The first kappa shape index (κ1) is 11.1. The maximum atomic E-state index is 10.4. The molecule has 0 spiro atoms. The van der Waals surface area contributed by atoms with Crippen LogP contribution in [0.15, 0.2) is 29.2 Å². The van der Waals surface area contributed by atoms with Gasteiger partial charge in [-0.2, -0.15) is 0 Å². The molecule has 1 aromatic rings. The van der Waals surface area contributed by atoms with Crippen LogP contribution in [0.3, 0.4) is 0 Å². The van der Waals surface area contributed by atoms with E-state index in [2.05, 4.69) is 0 Å². The largest absolute Gasteiger partial charge is 0.480 e. The van der Waals surface area contributed by atoms with Gasteiger partial charge in [0.15, 0.2) is 0 Å². The van der Waals surface area contributed by atoms with Gasteiger partial charge < -0.3 is 10.8 Å². The first-order chi connectivity index (χ1) is 6.59. The van der Waals surface area contributed by atoms with Gasteiger partial charge in [0.1, 0.15) is 6.04 Å². The Hall–Kier alpha value is -1.00. The zero-order chi connectivity index (χ0) is 10.6. The molecule has 0 aliphatic carbocycles. The van der Waals surface area contributed by atoms with Crippen molar-refractivity contribution in [2.75, 3.05) is 5.75 Å². The number of aliphatic carboxylic acids is 1. The lowest BCUT2D eigenvalue weighted by atomic mass is 10.2. The Balaban J connectivity index is 2.49. The first-order valence-electron chi connectivity index (χ1n) is 4.27. The topological polar surface area (TPSA) is 63.3 Å². The number of carboxylic acid groups (broad SMARTS) is 1. The van der Waals surface area contributed by atoms with Crippen molar-refractivity contribution in [3.05, 3.63) is 29.8 Å². The van der Waals surface area contributed by atoms with E-state index in [1.54, 1.807) is 0 Å². The van der Waals surface area contributed by atoms with Gasteiger partial charge in [0, 0.05) is 10.6 Å². The van der Waals surface area contributed by atoms with Gasteiger partial charge in [-0.1, -0.05) is 17.7 Å². The maximum absolute atomic E-state index is 10.4. The minimum atomic E-state index is -0.954. The monoisotopic (exact) mass is 211 g/mol. The van der Waals surface area contributed by atoms with E-state index < -0.39 is 12.0 Å². The van der Waals surface area contributed by atoms with E-state index in [1.807, 2.05) is 31.2 Å². The maximum Gasteiger partial charge on any atom is 0.321 e. The van der Waals surface area contributed by atoms with Crippen LogP contribution in [0.25, 0.3) is 0 Å². The van der Waals surface area contributed by atoms with Gasteiger partial charge in [0.25, 0.3) is 0 Å². The summed E-state index contributed by atoms with van der Waals surface area (Å²) in [6, 6.07) is 7.12. The zero-order valence-corrected chi connectivity index (χ0v) is 8.75. The highest BCUT2D eigenvalue weighted by Gasteiger charge is 2.11. The average molecular weight is 211 g/mol. The third-order valence-corrected chi connectivity index (χ3v) is 2.85. The minimum Gasteiger partial charge on any atom is -0.480 e. The highest BCUT2D eigenvalue weighted by Crippen LogP contribution is 2.19. The van der Waals surface area contributed by atoms with Crippen molar-refractivity contribution in [2.24, 2.45) is 5.73 Å². The number of hydrogen-bond acceptors (Lipinski definition) is 3. The van der Waals surface area contributed by atoms with Crippen LogP contribution in [-0.4, -0.2) is 22.9 Å². The fourth-order valence-electron chi connectivity index (χ4n) is 0.962. The smallest absolute Gasteiger partial charge is 0.321 e. The molecule has 0 heterocycles. The molecule has 0 saturated heterocycles. The Kier molecular flexibility index (Phi) is 3.98. The molecule has 0 aromatic heterocycles. The molecule has 0 saturated carbocycles. The van der Waals surface area contributed by atoms with Gasteiger partial charge in [0.05, 0.1) is 0 Å². The molecule has 3 N–H and O–H groups in total. The fourth-order valence-corrected chi connectivity index (χ4v) is 1.92. The second-order valence-electron chi connectivity index (χ2n) is 3.07. The molecule has 4 heteroatoms. The van der Waals surface area contributed by atoms with E-state index in [9.17, 15) is 4.79 Å². The summed E-state index contributed by atoms with van der Waals surface area (Å²) in [6.07, 6.45) is 0. The molecular formula is C10H13NO2S. The van der Waals surface area contributed by atoms with E-state index in [-0.39, 0.29) is 0 Å². The Labute approximate surface area is 87.3 Å². The van der Waals surface area contributed by atoms with Crippen molar-refractivity contribution < 1.29 is 9.90 Å². The molecule has 0 amide bonds. The summed E-state index contributed by atoms with van der Waals surface area (Å²) in [5.74, 6) is -0.552. The summed E-state index contributed by atoms with van der Waals surface area (Å²) < 4.78 is 0. The SMILES string of the molecule is Cc1cccc(SCC(N)C(=O)O)c1. The van der Waals surface area contributed by atoms with Crippen LogP contribution in [0.4, 0.5) is 0 Å². The van der Waals surface area contributed by atoms with E-state index in [4.69, 9.17) is 10.8 Å². The molecule has 76 valence electrons. The second kappa shape index (κ2) is 5.02. The van der Waals surface area contributed by atoms with Crippen molar-refractivity contribution in [3.63, 3.8) is 0 Å². The number of rotatable bonds is 4. The van der Waals surface area contributed by atoms with Crippen molar-refractivity contribution in [1.29, 1.82) is 0 Å². The Morgan fingerprint density at radius 1 is 1.64 bits per heavy atom. The van der Waals surface area contributed by atoms with Crippen molar-refractivity contribution in [1.82, 2.24) is 0 Å². The lowest BCUT2D eigenvalue weighted by Crippen LogP contribution is -2.32. The molecule has 1 aromatic carbocycles. The lowest BCUT2D eigenvalue weighted by molar-refractivity contribution is -0.137. The number of carbonyl (C=O) groups is 1. The quantitative estimate of drug-likeness (QED) is 0.741. The standard InChI is InChI=1S/C10H13NO2S/c1-7-3-2-4-8(5-7)14-6-9(11)10(12)13/h2-5,9H,6,11H2,1H3,(H,12,13). The predicted molar refractivity (Wildman–Crippen MR) is 57.5 cm³/mol. The molecule has 0 radical (unpaired) electrons.